The molecule has 0 amide bonds. The van der Waals surface area contributed by atoms with Gasteiger partial charge in [0.25, 0.3) is 0 Å². The fourth-order valence-corrected chi connectivity index (χ4v) is 5.18. The molecular formula is C23H17ClN4OS. The number of hydrogen-bond acceptors (Lipinski definition) is 5. The number of nitrogens with zero attached hydrogens (tertiary/aromatic N) is 3. The summed E-state index contributed by atoms with van der Waals surface area (Å²) in [7, 11) is 0. The van der Waals surface area contributed by atoms with Crippen molar-refractivity contribution in [1.82, 2.24) is 14.8 Å². The number of nitrogens with one attached hydrogen (secondary N) is 1. The highest BCUT2D eigenvalue weighted by atomic mass is 35.5. The third-order valence-electron chi connectivity index (χ3n) is 5.57. The first kappa shape index (κ1) is 17.7. The van der Waals surface area contributed by atoms with E-state index in [-0.39, 0.29) is 12.1 Å². The zero-order valence-corrected chi connectivity index (χ0v) is 17.6. The normalized spacial score (nSPS) is 19.4. The van der Waals surface area contributed by atoms with Gasteiger partial charge in [0.15, 0.2) is 0 Å². The lowest BCUT2D eigenvalue weighted by molar-refractivity contribution is 0.223. The fraction of sp³-hybridized carbons (Fsp3) is 0.130. The first-order chi connectivity index (χ1) is 14.7. The molecule has 7 heteroatoms. The van der Waals surface area contributed by atoms with Gasteiger partial charge in [-0.15, -0.1) is 11.3 Å². The minimum Gasteiger partial charge on any atom is -0.480 e. The Morgan fingerprint density at radius 1 is 1.13 bits per heavy atom. The second kappa shape index (κ2) is 6.72. The highest BCUT2D eigenvalue weighted by Crippen LogP contribution is 2.51. The molecule has 0 fully saturated rings. The number of rotatable bonds is 2. The zero-order valence-electron chi connectivity index (χ0n) is 16.0. The summed E-state index contributed by atoms with van der Waals surface area (Å²) in [5.41, 5.74) is 5.35. The molecule has 30 heavy (non-hydrogen) atoms. The van der Waals surface area contributed by atoms with Crippen LogP contribution in [0.3, 0.4) is 0 Å². The van der Waals surface area contributed by atoms with Crippen molar-refractivity contribution in [3.05, 3.63) is 98.5 Å². The number of fused-ring (bicyclic) bond motifs is 3. The van der Waals surface area contributed by atoms with Crippen molar-refractivity contribution in [2.75, 3.05) is 5.32 Å². The van der Waals surface area contributed by atoms with E-state index in [0.717, 1.165) is 28.1 Å². The lowest BCUT2D eigenvalue weighted by Crippen LogP contribution is -2.32. The summed E-state index contributed by atoms with van der Waals surface area (Å²) in [5, 5.41) is 10.8. The molecular weight excluding hydrogens is 416 g/mol. The minimum absolute atomic E-state index is 0.114. The minimum atomic E-state index is -0.258. The smallest absolute Gasteiger partial charge is 0.226 e. The standard InChI is InChI=1S/C23H17ClN4OS/c1-13-4-6-14(7-5-13)22-19-20(16-11-15(24)8-9-17(16)29-22)27-23-25-12-26-28(23)21(19)18-3-2-10-30-18/h2-12,21-22H,1H3,(H,25,26,27)/t21-,22+/m1/s1. The van der Waals surface area contributed by atoms with Gasteiger partial charge in [0.2, 0.25) is 5.95 Å². The van der Waals surface area contributed by atoms with E-state index < -0.39 is 0 Å². The van der Waals surface area contributed by atoms with Gasteiger partial charge in [-0.05, 0) is 42.1 Å². The maximum atomic E-state index is 6.59. The van der Waals surface area contributed by atoms with E-state index >= 15 is 0 Å². The molecule has 1 N–H and O–H groups in total. The van der Waals surface area contributed by atoms with Crippen LogP contribution in [0, 0.1) is 6.92 Å². The average Bonchev–Trinajstić information content (AvgIpc) is 3.44. The number of ether oxygens (including phenoxy) is 1. The highest BCUT2D eigenvalue weighted by Gasteiger charge is 2.41. The van der Waals surface area contributed by atoms with E-state index in [1.807, 2.05) is 22.9 Å². The van der Waals surface area contributed by atoms with Crippen LogP contribution in [0.25, 0.3) is 5.70 Å². The molecule has 0 radical (unpaired) electrons. The van der Waals surface area contributed by atoms with Gasteiger partial charge < -0.3 is 10.1 Å². The summed E-state index contributed by atoms with van der Waals surface area (Å²) in [4.78, 5) is 5.63. The molecule has 0 bridgehead atoms. The first-order valence-electron chi connectivity index (χ1n) is 9.66. The Morgan fingerprint density at radius 2 is 2.00 bits per heavy atom. The molecule has 0 aliphatic carbocycles. The molecule has 4 aromatic rings. The van der Waals surface area contributed by atoms with Crippen molar-refractivity contribution in [2.45, 2.75) is 19.1 Å². The van der Waals surface area contributed by atoms with E-state index in [1.165, 1.54) is 10.4 Å². The molecule has 2 aromatic carbocycles. The molecule has 2 atom stereocenters. The van der Waals surface area contributed by atoms with Crippen LogP contribution in [0.2, 0.25) is 5.02 Å². The van der Waals surface area contributed by atoms with Crippen molar-refractivity contribution in [2.24, 2.45) is 0 Å². The zero-order chi connectivity index (χ0) is 20.2. The average molecular weight is 433 g/mol. The predicted octanol–water partition coefficient (Wildman–Crippen LogP) is 5.86. The summed E-state index contributed by atoms with van der Waals surface area (Å²) >= 11 is 8.06. The number of aryl methyl sites for hydroxylation is 1. The van der Waals surface area contributed by atoms with Gasteiger partial charge in [0.1, 0.15) is 24.2 Å². The Kier molecular flexibility index (Phi) is 3.97. The van der Waals surface area contributed by atoms with Gasteiger partial charge in [0, 0.05) is 21.0 Å². The van der Waals surface area contributed by atoms with Crippen molar-refractivity contribution in [1.29, 1.82) is 0 Å². The molecule has 0 saturated heterocycles. The van der Waals surface area contributed by atoms with Gasteiger partial charge >= 0.3 is 0 Å². The maximum Gasteiger partial charge on any atom is 0.226 e. The van der Waals surface area contributed by atoms with Crippen LogP contribution in [0.5, 0.6) is 5.75 Å². The molecule has 0 saturated carbocycles. The molecule has 2 aliphatic rings. The summed E-state index contributed by atoms with van der Waals surface area (Å²) in [6, 6.07) is 18.3. The molecule has 5 nitrogen and oxygen atoms in total. The SMILES string of the molecule is Cc1ccc([C@@H]2Oc3ccc(Cl)cc3C3=C2[C@@H](c2cccs2)n2ncnc2N3)cc1. The van der Waals surface area contributed by atoms with E-state index in [0.29, 0.717) is 11.0 Å². The Balaban J connectivity index is 1.63. The molecule has 148 valence electrons. The second-order valence-corrected chi connectivity index (χ2v) is 8.87. The van der Waals surface area contributed by atoms with Gasteiger partial charge in [-0.25, -0.2) is 4.68 Å². The van der Waals surface area contributed by atoms with E-state index in [4.69, 9.17) is 16.3 Å². The Labute approximate surface area is 182 Å². The van der Waals surface area contributed by atoms with E-state index in [9.17, 15) is 0 Å². The van der Waals surface area contributed by atoms with Crippen molar-refractivity contribution in [3.63, 3.8) is 0 Å². The van der Waals surface area contributed by atoms with Gasteiger partial charge in [-0.2, -0.15) is 10.1 Å². The van der Waals surface area contributed by atoms with Crippen molar-refractivity contribution >= 4 is 34.6 Å². The quantitative estimate of drug-likeness (QED) is 0.431. The van der Waals surface area contributed by atoms with Gasteiger partial charge in [0.05, 0.1) is 5.70 Å². The van der Waals surface area contributed by atoms with Crippen LogP contribution in [0.1, 0.15) is 33.7 Å². The van der Waals surface area contributed by atoms with Crippen LogP contribution in [0.15, 0.2) is 71.9 Å². The summed E-state index contributed by atoms with van der Waals surface area (Å²) in [6.45, 7) is 2.09. The van der Waals surface area contributed by atoms with E-state index in [1.54, 1.807) is 17.7 Å². The number of anilines is 1. The third kappa shape index (κ3) is 2.68. The van der Waals surface area contributed by atoms with Gasteiger partial charge in [-0.3, -0.25) is 0 Å². The van der Waals surface area contributed by atoms with Gasteiger partial charge in [-0.1, -0.05) is 47.5 Å². The number of halogens is 1. The van der Waals surface area contributed by atoms with Crippen molar-refractivity contribution in [3.8, 4) is 5.75 Å². The summed E-state index contributed by atoms with van der Waals surface area (Å²) in [6.07, 6.45) is 1.33. The third-order valence-corrected chi connectivity index (χ3v) is 6.73. The second-order valence-electron chi connectivity index (χ2n) is 7.45. The summed E-state index contributed by atoms with van der Waals surface area (Å²) in [5.74, 6) is 1.51. The monoisotopic (exact) mass is 432 g/mol. The molecule has 4 heterocycles. The largest absolute Gasteiger partial charge is 0.480 e. The van der Waals surface area contributed by atoms with Crippen molar-refractivity contribution < 1.29 is 4.74 Å². The number of thiophene rings is 1. The predicted molar refractivity (Wildman–Crippen MR) is 119 cm³/mol. The molecule has 2 aromatic heterocycles. The van der Waals surface area contributed by atoms with Crippen LogP contribution in [-0.4, -0.2) is 14.8 Å². The highest BCUT2D eigenvalue weighted by molar-refractivity contribution is 7.10. The van der Waals surface area contributed by atoms with Crippen LogP contribution in [0.4, 0.5) is 5.95 Å². The number of hydrogen-bond donors (Lipinski definition) is 1. The molecule has 6 rings (SSSR count). The first-order valence-corrected chi connectivity index (χ1v) is 10.9. The van der Waals surface area contributed by atoms with Crippen LogP contribution < -0.4 is 10.1 Å². The number of benzene rings is 2. The maximum absolute atomic E-state index is 6.59. The fourth-order valence-electron chi connectivity index (χ4n) is 4.18. The van der Waals surface area contributed by atoms with E-state index in [2.05, 4.69) is 64.1 Å². The van der Waals surface area contributed by atoms with Crippen LogP contribution in [-0.2, 0) is 0 Å². The lowest BCUT2D eigenvalue weighted by Gasteiger charge is -2.38. The molecule has 0 spiro atoms. The topological polar surface area (TPSA) is 52.0 Å². The Hall–Kier alpha value is -3.09. The molecule has 0 unspecified atom stereocenters. The molecule has 2 aliphatic heterocycles. The van der Waals surface area contributed by atoms with Crippen LogP contribution >= 0.6 is 22.9 Å². The summed E-state index contributed by atoms with van der Waals surface area (Å²) < 4.78 is 8.52. The Bertz CT molecular complexity index is 1280. The Morgan fingerprint density at radius 3 is 2.80 bits per heavy atom. The lowest BCUT2D eigenvalue weighted by atomic mass is 9.87. The number of aromatic nitrogens is 3.